The van der Waals surface area contributed by atoms with Crippen LogP contribution in [0, 0.1) is 0 Å². The second-order valence-corrected chi connectivity index (χ2v) is 11.7. The van der Waals surface area contributed by atoms with Gasteiger partial charge in [0.25, 0.3) is 5.91 Å². The van der Waals surface area contributed by atoms with Gasteiger partial charge in [-0.2, -0.15) is 0 Å². The third-order valence-electron chi connectivity index (χ3n) is 7.26. The number of imide groups is 1. The Balaban J connectivity index is 1.02. The zero-order valence-corrected chi connectivity index (χ0v) is 21.7. The molecule has 3 amide bonds. The number of hydrogen-bond donors (Lipinski definition) is 1. The number of thioether (sulfide) groups is 1. The molecular weight excluding hydrogens is 506 g/mol. The maximum Gasteiger partial charge on any atom is 0.255 e. The molecule has 0 radical (unpaired) electrons. The second kappa shape index (κ2) is 9.97. The van der Waals surface area contributed by atoms with Crippen molar-refractivity contribution in [2.75, 3.05) is 13.1 Å². The third kappa shape index (κ3) is 5.04. The molecule has 3 aromatic carbocycles. The van der Waals surface area contributed by atoms with Gasteiger partial charge >= 0.3 is 0 Å². The second-order valence-electron chi connectivity index (χ2n) is 9.86. The molecule has 6 rings (SSSR count). The van der Waals surface area contributed by atoms with Crippen LogP contribution in [0.4, 0.5) is 0 Å². The van der Waals surface area contributed by atoms with Gasteiger partial charge in [0, 0.05) is 53.3 Å². The summed E-state index contributed by atoms with van der Waals surface area (Å²) >= 11 is 7.84. The number of fused-ring (bicyclic) bond motifs is 1. The van der Waals surface area contributed by atoms with Gasteiger partial charge in [-0.15, -0.1) is 11.8 Å². The fraction of sp³-hybridized carbons (Fsp3) is 0.276. The highest BCUT2D eigenvalue weighted by molar-refractivity contribution is 8.00. The van der Waals surface area contributed by atoms with Gasteiger partial charge in [0.1, 0.15) is 6.04 Å². The number of nitrogens with one attached hydrogen (secondary N) is 1. The van der Waals surface area contributed by atoms with Crippen LogP contribution in [0.5, 0.6) is 0 Å². The number of amides is 3. The lowest BCUT2D eigenvalue weighted by atomic mass is 10.0. The molecular formula is C29H26ClN3O3S. The molecule has 2 fully saturated rings. The molecule has 8 heteroatoms. The molecule has 1 unspecified atom stereocenters. The smallest absolute Gasteiger partial charge is 0.255 e. The molecule has 37 heavy (non-hydrogen) atoms. The maximum absolute atomic E-state index is 12.9. The minimum absolute atomic E-state index is 0.127. The zero-order chi connectivity index (χ0) is 25.5. The van der Waals surface area contributed by atoms with Crippen molar-refractivity contribution in [3.05, 3.63) is 88.4 Å². The Morgan fingerprint density at radius 1 is 0.919 bits per heavy atom. The lowest BCUT2D eigenvalue weighted by Crippen LogP contribution is -2.52. The number of hydrogen-bond acceptors (Lipinski definition) is 5. The Labute approximate surface area is 225 Å². The quantitative estimate of drug-likeness (QED) is 0.465. The van der Waals surface area contributed by atoms with Crippen LogP contribution in [-0.4, -0.2) is 51.9 Å². The van der Waals surface area contributed by atoms with Crippen LogP contribution in [0.3, 0.4) is 0 Å². The van der Waals surface area contributed by atoms with E-state index in [9.17, 15) is 14.4 Å². The molecule has 0 bridgehead atoms. The van der Waals surface area contributed by atoms with E-state index in [1.165, 1.54) is 11.1 Å². The largest absolute Gasteiger partial charge is 0.322 e. The van der Waals surface area contributed by atoms with Gasteiger partial charge in [-0.25, -0.2) is 0 Å². The molecule has 6 nitrogen and oxygen atoms in total. The van der Waals surface area contributed by atoms with Crippen LogP contribution in [0.15, 0.2) is 71.6 Å². The van der Waals surface area contributed by atoms with E-state index in [1.54, 1.807) is 4.90 Å². The van der Waals surface area contributed by atoms with Crippen LogP contribution in [-0.2, 0) is 22.7 Å². The molecule has 1 N–H and O–H groups in total. The fourth-order valence-corrected chi connectivity index (χ4v) is 6.68. The summed E-state index contributed by atoms with van der Waals surface area (Å²) in [5.74, 6) is -0.771. The van der Waals surface area contributed by atoms with Gasteiger partial charge in [0.2, 0.25) is 11.8 Å². The van der Waals surface area contributed by atoms with Crippen molar-refractivity contribution in [3.63, 3.8) is 0 Å². The standard InChI is InChI=1S/C29H26ClN3O3S/c30-22-7-5-20(6-8-22)19-3-1-18(2-4-19)14-32-16-24(17-32)37-23-9-10-25-21(13-23)15-33(29(25)36)26-11-12-27(34)31-28(26)35/h1-10,13,24,26H,11-12,14-17H2,(H,31,34,35). The molecule has 3 aliphatic heterocycles. The number of nitrogens with zero attached hydrogens (tertiary/aromatic N) is 2. The first-order chi connectivity index (χ1) is 17.9. The summed E-state index contributed by atoms with van der Waals surface area (Å²) in [6, 6.07) is 22.0. The predicted molar refractivity (Wildman–Crippen MR) is 144 cm³/mol. The Morgan fingerprint density at radius 3 is 2.32 bits per heavy atom. The van der Waals surface area contributed by atoms with Crippen molar-refractivity contribution in [3.8, 4) is 11.1 Å². The lowest BCUT2D eigenvalue weighted by Gasteiger charge is -2.39. The minimum atomic E-state index is -0.575. The molecule has 3 heterocycles. The SMILES string of the molecule is O=C1CCC(N2Cc3cc(SC4CN(Cc5ccc(-c6ccc(Cl)cc6)cc5)C4)ccc3C2=O)C(=O)N1. The van der Waals surface area contributed by atoms with Gasteiger partial charge in [0.05, 0.1) is 0 Å². The average molecular weight is 532 g/mol. The summed E-state index contributed by atoms with van der Waals surface area (Å²) in [6.45, 7) is 3.37. The molecule has 0 aliphatic carbocycles. The van der Waals surface area contributed by atoms with E-state index in [4.69, 9.17) is 11.6 Å². The molecule has 3 aromatic rings. The van der Waals surface area contributed by atoms with Gasteiger partial charge in [-0.3, -0.25) is 24.6 Å². The summed E-state index contributed by atoms with van der Waals surface area (Å²) in [5, 5.41) is 3.61. The Morgan fingerprint density at radius 2 is 1.62 bits per heavy atom. The molecule has 3 aliphatic rings. The molecule has 0 aromatic heterocycles. The van der Waals surface area contributed by atoms with Crippen molar-refractivity contribution in [2.45, 2.75) is 42.1 Å². The molecule has 188 valence electrons. The lowest BCUT2D eigenvalue weighted by molar-refractivity contribution is -0.136. The zero-order valence-electron chi connectivity index (χ0n) is 20.2. The number of benzene rings is 3. The van der Waals surface area contributed by atoms with E-state index in [-0.39, 0.29) is 24.1 Å². The Kier molecular flexibility index (Phi) is 6.53. The maximum atomic E-state index is 12.9. The number of carbonyl (C=O) groups is 3. The van der Waals surface area contributed by atoms with E-state index < -0.39 is 6.04 Å². The molecule has 1 atom stereocenters. The van der Waals surface area contributed by atoms with Gasteiger partial charge in [-0.05, 0) is 59.0 Å². The van der Waals surface area contributed by atoms with Crippen LogP contribution < -0.4 is 5.32 Å². The monoisotopic (exact) mass is 531 g/mol. The van der Waals surface area contributed by atoms with Crippen LogP contribution in [0.1, 0.15) is 34.3 Å². The van der Waals surface area contributed by atoms with E-state index >= 15 is 0 Å². The Bertz CT molecular complexity index is 1370. The highest BCUT2D eigenvalue weighted by Gasteiger charge is 2.39. The Hall–Kier alpha value is -3.13. The summed E-state index contributed by atoms with van der Waals surface area (Å²) in [4.78, 5) is 41.8. The number of halogens is 1. The number of piperidine rings is 1. The van der Waals surface area contributed by atoms with Crippen LogP contribution >= 0.6 is 23.4 Å². The van der Waals surface area contributed by atoms with Gasteiger partial charge in [0.15, 0.2) is 0 Å². The predicted octanol–water partition coefficient (Wildman–Crippen LogP) is 4.74. The van der Waals surface area contributed by atoms with Crippen LogP contribution in [0.25, 0.3) is 11.1 Å². The van der Waals surface area contributed by atoms with E-state index in [2.05, 4.69) is 40.5 Å². The normalized spacial score (nSPS) is 20.1. The van der Waals surface area contributed by atoms with Crippen molar-refractivity contribution < 1.29 is 14.4 Å². The van der Waals surface area contributed by atoms with Crippen molar-refractivity contribution in [1.29, 1.82) is 0 Å². The average Bonchev–Trinajstić information content (AvgIpc) is 3.19. The summed E-state index contributed by atoms with van der Waals surface area (Å²) < 4.78 is 0. The van der Waals surface area contributed by atoms with Gasteiger partial charge in [-0.1, -0.05) is 48.0 Å². The third-order valence-corrected chi connectivity index (χ3v) is 8.67. The van der Waals surface area contributed by atoms with E-state index in [1.807, 2.05) is 48.2 Å². The number of carbonyl (C=O) groups excluding carboxylic acids is 3. The van der Waals surface area contributed by atoms with Crippen molar-refractivity contribution in [1.82, 2.24) is 15.1 Å². The summed E-state index contributed by atoms with van der Waals surface area (Å²) in [7, 11) is 0. The molecule has 0 saturated carbocycles. The molecule has 2 saturated heterocycles. The minimum Gasteiger partial charge on any atom is -0.322 e. The van der Waals surface area contributed by atoms with Crippen LogP contribution in [0.2, 0.25) is 5.02 Å². The van der Waals surface area contributed by atoms with Crippen molar-refractivity contribution >= 4 is 41.1 Å². The van der Waals surface area contributed by atoms with Gasteiger partial charge < -0.3 is 4.90 Å². The number of likely N-dealkylation sites (tertiary alicyclic amines) is 1. The highest BCUT2D eigenvalue weighted by Crippen LogP contribution is 2.35. The molecule has 0 spiro atoms. The van der Waals surface area contributed by atoms with E-state index in [0.717, 1.165) is 40.7 Å². The fourth-order valence-electron chi connectivity index (χ4n) is 5.25. The topological polar surface area (TPSA) is 69.7 Å². The first-order valence-electron chi connectivity index (χ1n) is 12.4. The first kappa shape index (κ1) is 24.2. The highest BCUT2D eigenvalue weighted by atomic mass is 35.5. The summed E-state index contributed by atoms with van der Waals surface area (Å²) in [5.41, 5.74) is 5.25. The van der Waals surface area contributed by atoms with Crippen molar-refractivity contribution in [2.24, 2.45) is 0 Å². The first-order valence-corrected chi connectivity index (χ1v) is 13.7. The summed E-state index contributed by atoms with van der Waals surface area (Å²) in [6.07, 6.45) is 0.649. The number of rotatable bonds is 6. The van der Waals surface area contributed by atoms with E-state index in [0.29, 0.717) is 23.8 Å².